The molecule has 0 aromatic rings. The highest BCUT2D eigenvalue weighted by molar-refractivity contribution is 14.1. The highest BCUT2D eigenvalue weighted by Gasteiger charge is 1.80. The molecule has 0 nitrogen and oxygen atoms in total. The molecule has 0 radical (unpaired) electrons. The van der Waals surface area contributed by atoms with Crippen LogP contribution in [0.25, 0.3) is 0 Å². The van der Waals surface area contributed by atoms with Gasteiger partial charge in [0.2, 0.25) is 0 Å². The van der Waals surface area contributed by atoms with E-state index in [0.29, 0.717) is 0 Å². The third-order valence-electron chi connectivity index (χ3n) is 2.11. The Hall–Kier alpha value is -0.0500. The molecule has 0 saturated heterocycles. The Morgan fingerprint density at radius 2 is 1.40 bits per heavy atom. The van der Waals surface area contributed by atoms with Crippen molar-refractivity contribution in [2.45, 2.75) is 45.4 Å². The third kappa shape index (κ3) is 14.0. The molecule has 0 heterocycles. The first-order valence-corrected chi connectivity index (χ1v) is 7.45. The average molecular weight is 318 g/mol. The molecule has 0 aliphatic carbocycles. The van der Waals surface area contributed by atoms with E-state index < -0.39 is 0 Å². The van der Waals surface area contributed by atoms with Gasteiger partial charge in [-0.3, -0.25) is 0 Å². The first-order valence-electron chi connectivity index (χ1n) is 5.92. The van der Waals surface area contributed by atoms with Gasteiger partial charge in [-0.2, -0.15) is 0 Å². The van der Waals surface area contributed by atoms with Gasteiger partial charge in [0, 0.05) is 4.43 Å². The van der Waals surface area contributed by atoms with Crippen LogP contribution in [0.4, 0.5) is 0 Å². The molecular weight excluding hydrogens is 295 g/mol. The predicted octanol–water partition coefficient (Wildman–Crippen LogP) is 5.45. The van der Waals surface area contributed by atoms with Crippen molar-refractivity contribution in [3.05, 3.63) is 36.5 Å². The molecule has 0 atom stereocenters. The van der Waals surface area contributed by atoms with E-state index in [0.717, 1.165) is 17.3 Å². The highest BCUT2D eigenvalue weighted by Crippen LogP contribution is 2.00. The summed E-state index contributed by atoms with van der Waals surface area (Å²) in [5.41, 5.74) is 0. The summed E-state index contributed by atoms with van der Waals surface area (Å²) >= 11 is 2.36. The maximum Gasteiger partial charge on any atom is 0.0176 e. The van der Waals surface area contributed by atoms with Gasteiger partial charge < -0.3 is 0 Å². The highest BCUT2D eigenvalue weighted by atomic mass is 127. The van der Waals surface area contributed by atoms with Gasteiger partial charge in [0.05, 0.1) is 0 Å². The van der Waals surface area contributed by atoms with Crippen LogP contribution in [-0.2, 0) is 0 Å². The molecule has 0 aliphatic rings. The van der Waals surface area contributed by atoms with Crippen LogP contribution < -0.4 is 0 Å². The van der Waals surface area contributed by atoms with Crippen molar-refractivity contribution in [3.63, 3.8) is 0 Å². The zero-order valence-electron chi connectivity index (χ0n) is 9.79. The van der Waals surface area contributed by atoms with E-state index in [1.54, 1.807) is 0 Å². The molecule has 0 bridgehead atoms. The first kappa shape index (κ1) is 14.9. The number of hydrogen-bond donors (Lipinski definition) is 0. The number of alkyl halides is 1. The van der Waals surface area contributed by atoms with Gasteiger partial charge in [-0.25, -0.2) is 0 Å². The molecule has 0 spiro atoms. The maximum atomic E-state index is 2.36. The third-order valence-corrected chi connectivity index (χ3v) is 2.62. The second-order valence-corrected chi connectivity index (χ2v) is 4.42. The summed E-state index contributed by atoms with van der Waals surface area (Å²) in [7, 11) is 0. The van der Waals surface area contributed by atoms with E-state index in [9.17, 15) is 0 Å². The zero-order chi connectivity index (χ0) is 11.2. The van der Waals surface area contributed by atoms with Gasteiger partial charge in [-0.05, 0) is 25.7 Å². The summed E-state index contributed by atoms with van der Waals surface area (Å²) < 4.78 is 1.11. The van der Waals surface area contributed by atoms with Crippen molar-refractivity contribution in [3.8, 4) is 0 Å². The molecule has 0 saturated carbocycles. The molecule has 0 fully saturated rings. The Morgan fingerprint density at radius 3 is 2.00 bits per heavy atom. The summed E-state index contributed by atoms with van der Waals surface area (Å²) in [4.78, 5) is 0. The molecular formula is C14H23I. The van der Waals surface area contributed by atoms with Crippen LogP contribution in [-0.4, -0.2) is 4.43 Å². The monoisotopic (exact) mass is 318 g/mol. The molecule has 0 aliphatic heterocycles. The maximum absolute atomic E-state index is 2.36. The fourth-order valence-corrected chi connectivity index (χ4v) is 1.59. The zero-order valence-corrected chi connectivity index (χ0v) is 11.9. The van der Waals surface area contributed by atoms with E-state index in [-0.39, 0.29) is 0 Å². The van der Waals surface area contributed by atoms with Crippen LogP contribution >= 0.6 is 22.6 Å². The quantitative estimate of drug-likeness (QED) is 0.229. The lowest BCUT2D eigenvalue weighted by molar-refractivity contribution is 0.728. The van der Waals surface area contributed by atoms with E-state index in [1.807, 2.05) is 0 Å². The number of rotatable bonds is 9. The second kappa shape index (κ2) is 13.9. The molecule has 0 rings (SSSR count). The topological polar surface area (TPSA) is 0 Å². The van der Waals surface area contributed by atoms with Gasteiger partial charge in [-0.1, -0.05) is 78.8 Å². The molecule has 86 valence electrons. The van der Waals surface area contributed by atoms with E-state index >= 15 is 0 Å². The standard InChI is InChI=1S/C14H23I/c1-2-3-4-5-6-7-8-9-10-11-12-13-14-15/h6-7,9-10,12-13H,2-5,8,11,14H2,1H3. The van der Waals surface area contributed by atoms with Crippen LogP contribution in [0, 0.1) is 0 Å². The lowest BCUT2D eigenvalue weighted by Crippen LogP contribution is -1.70. The number of hydrogen-bond acceptors (Lipinski definition) is 0. The van der Waals surface area contributed by atoms with Crippen LogP contribution in [0.15, 0.2) is 36.5 Å². The van der Waals surface area contributed by atoms with Crippen molar-refractivity contribution in [1.82, 2.24) is 0 Å². The van der Waals surface area contributed by atoms with Crippen molar-refractivity contribution >= 4 is 22.6 Å². The molecule has 0 N–H and O–H groups in total. The van der Waals surface area contributed by atoms with E-state index in [2.05, 4.69) is 66.0 Å². The Bertz CT molecular complexity index is 190. The SMILES string of the molecule is CCCCCC=CCC=CCC=CCI. The van der Waals surface area contributed by atoms with E-state index in [4.69, 9.17) is 0 Å². The fraction of sp³-hybridized carbons (Fsp3) is 0.571. The summed E-state index contributed by atoms with van der Waals surface area (Å²) in [5, 5.41) is 0. The van der Waals surface area contributed by atoms with Gasteiger partial charge in [0.15, 0.2) is 0 Å². The minimum atomic E-state index is 1.08. The van der Waals surface area contributed by atoms with Crippen molar-refractivity contribution in [1.29, 1.82) is 0 Å². The molecule has 1 heteroatoms. The summed E-state index contributed by atoms with van der Waals surface area (Å²) in [6.45, 7) is 2.25. The number of allylic oxidation sites excluding steroid dienone is 6. The lowest BCUT2D eigenvalue weighted by Gasteiger charge is -1.90. The fourth-order valence-electron chi connectivity index (χ4n) is 1.24. The van der Waals surface area contributed by atoms with Crippen molar-refractivity contribution < 1.29 is 0 Å². The summed E-state index contributed by atoms with van der Waals surface area (Å²) in [5.74, 6) is 0. The van der Waals surface area contributed by atoms with Gasteiger partial charge in [-0.15, -0.1) is 0 Å². The number of unbranched alkanes of at least 4 members (excludes halogenated alkanes) is 3. The average Bonchev–Trinajstić information content (AvgIpc) is 2.26. The Kier molecular flexibility index (Phi) is 13.9. The Balaban J connectivity index is 3.24. The Morgan fingerprint density at radius 1 is 0.800 bits per heavy atom. The van der Waals surface area contributed by atoms with E-state index in [1.165, 1.54) is 25.7 Å². The lowest BCUT2D eigenvalue weighted by atomic mass is 10.2. The largest absolute Gasteiger partial charge is 0.0882 e. The molecule has 0 aromatic carbocycles. The summed E-state index contributed by atoms with van der Waals surface area (Å²) in [6, 6.07) is 0. The van der Waals surface area contributed by atoms with Crippen molar-refractivity contribution in [2.75, 3.05) is 4.43 Å². The van der Waals surface area contributed by atoms with Gasteiger partial charge in [0.1, 0.15) is 0 Å². The van der Waals surface area contributed by atoms with Crippen LogP contribution in [0.5, 0.6) is 0 Å². The molecule has 0 aromatic heterocycles. The predicted molar refractivity (Wildman–Crippen MR) is 79.7 cm³/mol. The van der Waals surface area contributed by atoms with Gasteiger partial charge in [0.25, 0.3) is 0 Å². The summed E-state index contributed by atoms with van der Waals surface area (Å²) in [6.07, 6.45) is 20.9. The minimum Gasteiger partial charge on any atom is -0.0882 e. The van der Waals surface area contributed by atoms with Crippen LogP contribution in [0.2, 0.25) is 0 Å². The normalized spacial score (nSPS) is 12.4. The Labute approximate surface area is 109 Å². The van der Waals surface area contributed by atoms with Crippen molar-refractivity contribution in [2.24, 2.45) is 0 Å². The smallest absolute Gasteiger partial charge is 0.0176 e. The van der Waals surface area contributed by atoms with Gasteiger partial charge >= 0.3 is 0 Å². The second-order valence-electron chi connectivity index (χ2n) is 3.54. The molecule has 15 heavy (non-hydrogen) atoms. The molecule has 0 unspecified atom stereocenters. The number of halogens is 1. The minimum absolute atomic E-state index is 1.08. The van der Waals surface area contributed by atoms with Crippen LogP contribution in [0.3, 0.4) is 0 Å². The first-order chi connectivity index (χ1) is 7.41. The molecule has 0 amide bonds. The van der Waals surface area contributed by atoms with Crippen LogP contribution in [0.1, 0.15) is 45.4 Å².